The summed E-state index contributed by atoms with van der Waals surface area (Å²) in [6.07, 6.45) is 0.432. The lowest BCUT2D eigenvalue weighted by Gasteiger charge is -2.23. The van der Waals surface area contributed by atoms with Crippen molar-refractivity contribution in [3.8, 4) is 0 Å². The van der Waals surface area contributed by atoms with E-state index in [4.69, 9.17) is 0 Å². The highest BCUT2D eigenvalue weighted by atomic mass is 32.2. The van der Waals surface area contributed by atoms with E-state index in [1.165, 1.54) is 18.2 Å². The van der Waals surface area contributed by atoms with Gasteiger partial charge >= 0.3 is 0 Å². The van der Waals surface area contributed by atoms with Crippen LogP contribution in [0.25, 0.3) is 0 Å². The Balaban J connectivity index is 2.35. The molecule has 2 atom stereocenters. The molecule has 6 heteroatoms. The second-order valence-electron chi connectivity index (χ2n) is 4.56. The summed E-state index contributed by atoms with van der Waals surface area (Å²) in [6, 6.07) is 3.06. The fourth-order valence-corrected chi connectivity index (χ4v) is 4.35. The molecule has 2 rings (SSSR count). The standard InChI is InChI=1S/C12H15F2NO2S/c1-15-12(8-5-6-18(16,17)7-8)11-9(13)3-2-4-10(11)14/h2-4,8,12,15H,5-7H2,1H3. The van der Waals surface area contributed by atoms with Gasteiger partial charge in [0.2, 0.25) is 0 Å². The van der Waals surface area contributed by atoms with E-state index < -0.39 is 27.5 Å². The van der Waals surface area contributed by atoms with Crippen molar-refractivity contribution in [1.29, 1.82) is 0 Å². The predicted molar refractivity (Wildman–Crippen MR) is 64.9 cm³/mol. The van der Waals surface area contributed by atoms with Gasteiger partial charge < -0.3 is 5.32 Å². The number of halogens is 2. The van der Waals surface area contributed by atoms with Crippen LogP contribution in [-0.4, -0.2) is 27.0 Å². The quantitative estimate of drug-likeness (QED) is 0.912. The molecule has 2 unspecified atom stereocenters. The molecular formula is C12H15F2NO2S. The maximum Gasteiger partial charge on any atom is 0.150 e. The number of hydrogen-bond acceptors (Lipinski definition) is 3. The van der Waals surface area contributed by atoms with Gasteiger partial charge in [-0.1, -0.05) is 6.07 Å². The molecule has 0 aromatic heterocycles. The molecule has 0 aliphatic carbocycles. The molecule has 18 heavy (non-hydrogen) atoms. The van der Waals surface area contributed by atoms with E-state index in [1.807, 2.05) is 0 Å². The Hall–Kier alpha value is -1.01. The molecular weight excluding hydrogens is 260 g/mol. The van der Waals surface area contributed by atoms with E-state index in [0.717, 1.165) is 0 Å². The lowest BCUT2D eigenvalue weighted by Crippen LogP contribution is -2.28. The van der Waals surface area contributed by atoms with Crippen molar-refractivity contribution < 1.29 is 17.2 Å². The van der Waals surface area contributed by atoms with Gasteiger partial charge in [-0.3, -0.25) is 0 Å². The van der Waals surface area contributed by atoms with Gasteiger partial charge in [-0.25, -0.2) is 17.2 Å². The van der Waals surface area contributed by atoms with Crippen molar-refractivity contribution in [3.05, 3.63) is 35.4 Å². The van der Waals surface area contributed by atoms with E-state index in [2.05, 4.69) is 5.32 Å². The highest BCUT2D eigenvalue weighted by molar-refractivity contribution is 7.91. The van der Waals surface area contributed by atoms with Crippen LogP contribution in [0.4, 0.5) is 8.78 Å². The van der Waals surface area contributed by atoms with Gasteiger partial charge in [0.1, 0.15) is 11.6 Å². The first-order chi connectivity index (χ1) is 8.44. The molecule has 0 saturated carbocycles. The molecule has 1 aliphatic heterocycles. The number of benzene rings is 1. The number of hydrogen-bond donors (Lipinski definition) is 1. The van der Waals surface area contributed by atoms with Crippen molar-refractivity contribution in [3.63, 3.8) is 0 Å². The third-order valence-corrected chi connectivity index (χ3v) is 5.15. The minimum absolute atomic E-state index is 0.0215. The topological polar surface area (TPSA) is 46.2 Å². The molecule has 1 fully saturated rings. The van der Waals surface area contributed by atoms with E-state index in [0.29, 0.717) is 6.42 Å². The van der Waals surface area contributed by atoms with Gasteiger partial charge in [0.15, 0.2) is 9.84 Å². The highest BCUT2D eigenvalue weighted by Gasteiger charge is 2.35. The van der Waals surface area contributed by atoms with Gasteiger partial charge in [-0.05, 0) is 31.5 Å². The molecule has 0 amide bonds. The summed E-state index contributed by atoms with van der Waals surface area (Å²) in [4.78, 5) is 0. The minimum Gasteiger partial charge on any atom is -0.313 e. The molecule has 0 radical (unpaired) electrons. The van der Waals surface area contributed by atoms with Crippen LogP contribution in [0, 0.1) is 17.6 Å². The lowest BCUT2D eigenvalue weighted by molar-refractivity contribution is 0.386. The summed E-state index contributed by atoms with van der Waals surface area (Å²) in [5.74, 6) is -1.50. The first kappa shape index (κ1) is 13.4. The van der Waals surface area contributed by atoms with E-state index >= 15 is 0 Å². The van der Waals surface area contributed by atoms with Crippen molar-refractivity contribution in [1.82, 2.24) is 5.32 Å². The second-order valence-corrected chi connectivity index (χ2v) is 6.79. The molecule has 1 saturated heterocycles. The van der Waals surface area contributed by atoms with Crippen LogP contribution in [-0.2, 0) is 9.84 Å². The molecule has 0 spiro atoms. The minimum atomic E-state index is -3.07. The maximum absolute atomic E-state index is 13.7. The largest absolute Gasteiger partial charge is 0.313 e. The Bertz CT molecular complexity index is 525. The molecule has 1 N–H and O–H groups in total. The maximum atomic E-state index is 13.7. The second kappa shape index (κ2) is 4.93. The Kier molecular flexibility index (Phi) is 3.68. The zero-order valence-electron chi connectivity index (χ0n) is 9.99. The Morgan fingerprint density at radius 1 is 1.33 bits per heavy atom. The molecule has 1 aromatic carbocycles. The zero-order chi connectivity index (χ0) is 13.3. The molecule has 1 aliphatic rings. The van der Waals surface area contributed by atoms with E-state index in [-0.39, 0.29) is 23.0 Å². The molecule has 0 bridgehead atoms. The Morgan fingerprint density at radius 2 is 1.94 bits per heavy atom. The van der Waals surface area contributed by atoms with Crippen LogP contribution in [0.15, 0.2) is 18.2 Å². The van der Waals surface area contributed by atoms with Crippen LogP contribution in [0.2, 0.25) is 0 Å². The molecule has 100 valence electrons. The monoisotopic (exact) mass is 275 g/mol. The first-order valence-corrected chi connectivity index (χ1v) is 7.58. The van der Waals surface area contributed by atoms with Gasteiger partial charge in [0.25, 0.3) is 0 Å². The van der Waals surface area contributed by atoms with E-state index in [1.54, 1.807) is 7.05 Å². The average molecular weight is 275 g/mol. The fourth-order valence-electron chi connectivity index (χ4n) is 2.51. The fraction of sp³-hybridized carbons (Fsp3) is 0.500. The van der Waals surface area contributed by atoms with Gasteiger partial charge in [-0.2, -0.15) is 0 Å². The lowest BCUT2D eigenvalue weighted by atomic mass is 9.92. The van der Waals surface area contributed by atoms with Crippen LogP contribution < -0.4 is 5.32 Å². The van der Waals surface area contributed by atoms with Crippen molar-refractivity contribution in [2.75, 3.05) is 18.6 Å². The van der Waals surface area contributed by atoms with E-state index in [9.17, 15) is 17.2 Å². The summed E-state index contributed by atoms with van der Waals surface area (Å²) in [7, 11) is -1.48. The van der Waals surface area contributed by atoms with Crippen LogP contribution in [0.3, 0.4) is 0 Å². The SMILES string of the molecule is CNC(c1c(F)cccc1F)C1CCS(=O)(=O)C1. The number of nitrogens with one attached hydrogen (secondary N) is 1. The normalized spacial score (nSPS) is 24.1. The van der Waals surface area contributed by atoms with Gasteiger partial charge in [-0.15, -0.1) is 0 Å². The summed E-state index contributed by atoms with van der Waals surface area (Å²) < 4.78 is 50.3. The van der Waals surface area contributed by atoms with Crippen molar-refractivity contribution in [2.45, 2.75) is 12.5 Å². The Morgan fingerprint density at radius 3 is 2.39 bits per heavy atom. The summed E-state index contributed by atoms with van der Waals surface area (Å²) >= 11 is 0. The summed E-state index contributed by atoms with van der Waals surface area (Å²) in [6.45, 7) is 0. The Labute approximate surface area is 105 Å². The summed E-state index contributed by atoms with van der Waals surface area (Å²) in [5, 5.41) is 2.84. The molecule has 3 nitrogen and oxygen atoms in total. The van der Waals surface area contributed by atoms with Crippen LogP contribution in [0.1, 0.15) is 18.0 Å². The average Bonchev–Trinajstić information content (AvgIpc) is 2.64. The van der Waals surface area contributed by atoms with Crippen LogP contribution >= 0.6 is 0 Å². The summed E-state index contributed by atoms with van der Waals surface area (Å²) in [5.41, 5.74) is -0.0675. The van der Waals surface area contributed by atoms with Gasteiger partial charge in [0, 0.05) is 11.6 Å². The highest BCUT2D eigenvalue weighted by Crippen LogP contribution is 2.33. The molecule has 1 heterocycles. The third kappa shape index (κ3) is 2.54. The number of rotatable bonds is 3. The zero-order valence-corrected chi connectivity index (χ0v) is 10.8. The van der Waals surface area contributed by atoms with Crippen molar-refractivity contribution in [2.24, 2.45) is 5.92 Å². The first-order valence-electron chi connectivity index (χ1n) is 5.76. The predicted octanol–water partition coefficient (Wildman–Crippen LogP) is 1.66. The van der Waals surface area contributed by atoms with Gasteiger partial charge in [0.05, 0.1) is 11.5 Å². The number of sulfone groups is 1. The smallest absolute Gasteiger partial charge is 0.150 e. The van der Waals surface area contributed by atoms with Crippen molar-refractivity contribution >= 4 is 9.84 Å². The van der Waals surface area contributed by atoms with Crippen LogP contribution in [0.5, 0.6) is 0 Å². The third-order valence-electron chi connectivity index (χ3n) is 3.36. The molecule has 1 aromatic rings.